The molecule has 2 rings (SSSR count). The molecule has 0 radical (unpaired) electrons. The molecule has 3 heteroatoms. The van der Waals surface area contributed by atoms with E-state index in [1.807, 2.05) is 0 Å². The first-order valence-electron chi connectivity index (χ1n) is 7.39. The highest BCUT2D eigenvalue weighted by molar-refractivity contribution is 4.87. The quantitative estimate of drug-likeness (QED) is 0.810. The van der Waals surface area contributed by atoms with Crippen LogP contribution in [-0.4, -0.2) is 59.8 Å². The molecule has 0 amide bonds. The zero-order valence-corrected chi connectivity index (χ0v) is 11.3. The van der Waals surface area contributed by atoms with E-state index in [4.69, 9.17) is 0 Å². The Kier molecular flexibility index (Phi) is 4.83. The van der Waals surface area contributed by atoms with Crippen LogP contribution in [0, 0.1) is 0 Å². The Bertz CT molecular complexity index is 218. The van der Waals surface area contributed by atoms with Gasteiger partial charge >= 0.3 is 0 Å². The molecule has 3 nitrogen and oxygen atoms in total. The SMILES string of the molecule is CCCN1CCN(CC2(O)CCCCC2)CC1. The molecule has 0 bridgehead atoms. The minimum atomic E-state index is -0.370. The van der Waals surface area contributed by atoms with Crippen LogP contribution < -0.4 is 0 Å². The molecule has 0 spiro atoms. The van der Waals surface area contributed by atoms with E-state index in [0.29, 0.717) is 0 Å². The summed E-state index contributed by atoms with van der Waals surface area (Å²) in [7, 11) is 0. The Hall–Kier alpha value is -0.120. The van der Waals surface area contributed by atoms with Crippen molar-refractivity contribution in [3.8, 4) is 0 Å². The molecule has 1 saturated heterocycles. The largest absolute Gasteiger partial charge is 0.389 e. The van der Waals surface area contributed by atoms with Gasteiger partial charge < -0.3 is 10.0 Å². The van der Waals surface area contributed by atoms with E-state index in [2.05, 4.69) is 16.7 Å². The molecule has 0 unspecified atom stereocenters. The predicted molar refractivity (Wildman–Crippen MR) is 71.2 cm³/mol. The van der Waals surface area contributed by atoms with E-state index < -0.39 is 0 Å². The van der Waals surface area contributed by atoms with Gasteiger partial charge in [0.2, 0.25) is 0 Å². The molecule has 17 heavy (non-hydrogen) atoms. The van der Waals surface area contributed by atoms with Gasteiger partial charge in [-0.15, -0.1) is 0 Å². The molecule has 1 heterocycles. The van der Waals surface area contributed by atoms with Crippen molar-refractivity contribution >= 4 is 0 Å². The third-order valence-corrected chi connectivity index (χ3v) is 4.31. The number of aliphatic hydroxyl groups is 1. The summed E-state index contributed by atoms with van der Waals surface area (Å²) in [6, 6.07) is 0. The van der Waals surface area contributed by atoms with Gasteiger partial charge in [-0.3, -0.25) is 4.90 Å². The molecule has 1 N–H and O–H groups in total. The van der Waals surface area contributed by atoms with Gasteiger partial charge in [0.1, 0.15) is 0 Å². The first-order chi connectivity index (χ1) is 8.22. The van der Waals surface area contributed by atoms with Gasteiger partial charge in [0.05, 0.1) is 5.60 Å². The van der Waals surface area contributed by atoms with Gasteiger partial charge in [-0.2, -0.15) is 0 Å². The van der Waals surface area contributed by atoms with E-state index >= 15 is 0 Å². The molecule has 0 aromatic carbocycles. The molecule has 0 atom stereocenters. The lowest BCUT2D eigenvalue weighted by Crippen LogP contribution is -2.52. The van der Waals surface area contributed by atoms with Gasteiger partial charge in [0.25, 0.3) is 0 Å². The van der Waals surface area contributed by atoms with Gasteiger partial charge in [0, 0.05) is 32.7 Å². The fraction of sp³-hybridized carbons (Fsp3) is 1.00. The summed E-state index contributed by atoms with van der Waals surface area (Å²) in [6.45, 7) is 9.04. The van der Waals surface area contributed by atoms with Crippen LogP contribution in [-0.2, 0) is 0 Å². The molecular formula is C14H28N2O. The number of hydrogen-bond acceptors (Lipinski definition) is 3. The van der Waals surface area contributed by atoms with Gasteiger partial charge in [-0.05, 0) is 25.8 Å². The van der Waals surface area contributed by atoms with Crippen LogP contribution in [0.3, 0.4) is 0 Å². The van der Waals surface area contributed by atoms with Crippen molar-refractivity contribution in [3.63, 3.8) is 0 Å². The number of hydrogen-bond donors (Lipinski definition) is 1. The smallest absolute Gasteiger partial charge is 0.0774 e. The summed E-state index contributed by atoms with van der Waals surface area (Å²) >= 11 is 0. The van der Waals surface area contributed by atoms with Crippen LogP contribution in [0.25, 0.3) is 0 Å². The second-order valence-electron chi connectivity index (χ2n) is 5.90. The fourth-order valence-electron chi connectivity index (χ4n) is 3.27. The number of nitrogens with zero attached hydrogens (tertiary/aromatic N) is 2. The minimum absolute atomic E-state index is 0.370. The molecule has 2 fully saturated rings. The molecular weight excluding hydrogens is 212 g/mol. The average Bonchev–Trinajstić information content (AvgIpc) is 2.33. The van der Waals surface area contributed by atoms with Crippen LogP contribution >= 0.6 is 0 Å². The van der Waals surface area contributed by atoms with E-state index in [1.165, 1.54) is 45.3 Å². The maximum Gasteiger partial charge on any atom is 0.0774 e. The summed E-state index contributed by atoms with van der Waals surface area (Å²) in [5.74, 6) is 0. The summed E-state index contributed by atoms with van der Waals surface area (Å²) in [6.07, 6.45) is 7.03. The van der Waals surface area contributed by atoms with Crippen LogP contribution in [0.15, 0.2) is 0 Å². The van der Waals surface area contributed by atoms with E-state index in [9.17, 15) is 5.11 Å². The van der Waals surface area contributed by atoms with Gasteiger partial charge in [-0.25, -0.2) is 0 Å². The molecule has 1 aliphatic heterocycles. The predicted octanol–water partition coefficient (Wildman–Crippen LogP) is 1.71. The number of β-amino-alcohol motifs (C(OH)–C–C–N with tert-alkyl or cyclic N) is 1. The Labute approximate surface area is 106 Å². The van der Waals surface area contributed by atoms with Crippen molar-refractivity contribution < 1.29 is 5.11 Å². The maximum atomic E-state index is 10.5. The van der Waals surface area contributed by atoms with Gasteiger partial charge in [0.15, 0.2) is 0 Å². The third-order valence-electron chi connectivity index (χ3n) is 4.31. The van der Waals surface area contributed by atoms with Gasteiger partial charge in [-0.1, -0.05) is 26.2 Å². The molecule has 1 saturated carbocycles. The Morgan fingerprint density at radius 2 is 1.53 bits per heavy atom. The highest BCUT2D eigenvalue weighted by atomic mass is 16.3. The molecule has 1 aliphatic carbocycles. The zero-order chi connectivity index (χ0) is 12.1. The monoisotopic (exact) mass is 240 g/mol. The highest BCUT2D eigenvalue weighted by Gasteiger charge is 2.32. The zero-order valence-electron chi connectivity index (χ0n) is 11.3. The van der Waals surface area contributed by atoms with Crippen molar-refractivity contribution in [2.45, 2.75) is 51.0 Å². The van der Waals surface area contributed by atoms with Crippen LogP contribution in [0.2, 0.25) is 0 Å². The van der Waals surface area contributed by atoms with E-state index in [0.717, 1.165) is 32.5 Å². The topological polar surface area (TPSA) is 26.7 Å². The van der Waals surface area contributed by atoms with Crippen molar-refractivity contribution in [3.05, 3.63) is 0 Å². The maximum absolute atomic E-state index is 10.5. The highest BCUT2D eigenvalue weighted by Crippen LogP contribution is 2.29. The van der Waals surface area contributed by atoms with E-state index in [1.54, 1.807) is 0 Å². The second kappa shape index (κ2) is 6.17. The molecule has 0 aromatic heterocycles. The third kappa shape index (κ3) is 3.94. The lowest BCUT2D eigenvalue weighted by molar-refractivity contribution is -0.0354. The lowest BCUT2D eigenvalue weighted by atomic mass is 9.84. The lowest BCUT2D eigenvalue weighted by Gasteiger charge is -2.41. The van der Waals surface area contributed by atoms with Crippen LogP contribution in [0.5, 0.6) is 0 Å². The first kappa shape index (κ1) is 13.3. The van der Waals surface area contributed by atoms with Crippen molar-refractivity contribution in [1.82, 2.24) is 9.80 Å². The van der Waals surface area contributed by atoms with E-state index in [-0.39, 0.29) is 5.60 Å². The first-order valence-corrected chi connectivity index (χ1v) is 7.39. The molecule has 2 aliphatic rings. The van der Waals surface area contributed by atoms with Crippen molar-refractivity contribution in [1.29, 1.82) is 0 Å². The summed E-state index contributed by atoms with van der Waals surface area (Å²) in [5.41, 5.74) is -0.370. The van der Waals surface area contributed by atoms with Crippen molar-refractivity contribution in [2.24, 2.45) is 0 Å². The van der Waals surface area contributed by atoms with Crippen molar-refractivity contribution in [2.75, 3.05) is 39.3 Å². The fourth-order valence-corrected chi connectivity index (χ4v) is 3.27. The second-order valence-corrected chi connectivity index (χ2v) is 5.90. The summed E-state index contributed by atoms with van der Waals surface area (Å²) < 4.78 is 0. The average molecular weight is 240 g/mol. The number of rotatable bonds is 4. The Balaban J connectivity index is 1.73. The summed E-state index contributed by atoms with van der Waals surface area (Å²) in [5, 5.41) is 10.5. The standard InChI is InChI=1S/C14H28N2O/c1-2-8-15-9-11-16(12-10-15)13-14(17)6-4-3-5-7-14/h17H,2-13H2,1H3. The Morgan fingerprint density at radius 1 is 0.941 bits per heavy atom. The number of piperazine rings is 1. The minimum Gasteiger partial charge on any atom is -0.389 e. The normalized spacial score (nSPS) is 27.2. The molecule has 0 aromatic rings. The Morgan fingerprint density at radius 3 is 2.12 bits per heavy atom. The van der Waals surface area contributed by atoms with Crippen LogP contribution in [0.4, 0.5) is 0 Å². The summed E-state index contributed by atoms with van der Waals surface area (Å²) in [4.78, 5) is 5.01. The van der Waals surface area contributed by atoms with Crippen LogP contribution in [0.1, 0.15) is 45.4 Å². The molecule has 100 valence electrons.